The van der Waals surface area contributed by atoms with E-state index in [2.05, 4.69) is 17.3 Å². The molecule has 0 aromatic carbocycles. The van der Waals surface area contributed by atoms with E-state index in [9.17, 15) is 0 Å². The van der Waals surface area contributed by atoms with E-state index in [0.717, 1.165) is 13.1 Å². The summed E-state index contributed by atoms with van der Waals surface area (Å²) in [4.78, 5) is 2.03. The standard InChI is InChI=1S/C9H20Cl3GeNO/c1-6-14(7-2)8(9(10,11)12)15-13(3,4)5/h8H,6-7H2,1-5H3. The summed E-state index contributed by atoms with van der Waals surface area (Å²) in [7, 11) is 0. The van der Waals surface area contributed by atoms with Crippen LogP contribution in [0.5, 0.6) is 0 Å². The second-order valence-electron chi connectivity index (χ2n) is 4.35. The molecule has 0 aromatic heterocycles. The Labute approximate surface area is 111 Å². The van der Waals surface area contributed by atoms with Crippen LogP contribution in [0.1, 0.15) is 13.8 Å². The monoisotopic (exact) mass is 337 g/mol. The van der Waals surface area contributed by atoms with Crippen LogP contribution in [0.15, 0.2) is 0 Å². The van der Waals surface area contributed by atoms with Crippen LogP contribution in [0.25, 0.3) is 0 Å². The predicted molar refractivity (Wildman–Crippen MR) is 71.4 cm³/mol. The van der Waals surface area contributed by atoms with E-state index in [4.69, 9.17) is 38.6 Å². The molecule has 0 aliphatic carbocycles. The number of nitrogens with zero attached hydrogens (tertiary/aromatic N) is 1. The van der Waals surface area contributed by atoms with Crippen LogP contribution >= 0.6 is 34.8 Å². The normalized spacial score (nSPS) is 15.8. The van der Waals surface area contributed by atoms with Crippen molar-refractivity contribution < 1.29 is 3.76 Å². The molecule has 92 valence electrons. The molecule has 0 radical (unpaired) electrons. The van der Waals surface area contributed by atoms with Gasteiger partial charge in [0.25, 0.3) is 0 Å². The summed E-state index contributed by atoms with van der Waals surface area (Å²) >= 11 is 15.7. The van der Waals surface area contributed by atoms with Crippen LogP contribution in [0.4, 0.5) is 0 Å². The quantitative estimate of drug-likeness (QED) is 0.429. The maximum absolute atomic E-state index is 5.96. The summed E-state index contributed by atoms with van der Waals surface area (Å²) in [6.45, 7) is 5.69. The Balaban J connectivity index is 4.74. The van der Waals surface area contributed by atoms with Crippen LogP contribution in [0, 0.1) is 0 Å². The molecule has 0 N–H and O–H groups in total. The Bertz CT molecular complexity index is 187. The summed E-state index contributed by atoms with van der Waals surface area (Å²) in [5.41, 5.74) is 0. The fourth-order valence-corrected chi connectivity index (χ4v) is 4.35. The van der Waals surface area contributed by atoms with Crippen molar-refractivity contribution in [2.75, 3.05) is 13.1 Å². The van der Waals surface area contributed by atoms with Gasteiger partial charge >= 0.3 is 111 Å². The van der Waals surface area contributed by atoms with Gasteiger partial charge in [0.2, 0.25) is 0 Å². The molecule has 0 bridgehead atoms. The molecular weight excluding hydrogens is 317 g/mol. The van der Waals surface area contributed by atoms with Gasteiger partial charge < -0.3 is 0 Å². The van der Waals surface area contributed by atoms with Gasteiger partial charge in [0.05, 0.1) is 0 Å². The zero-order valence-electron chi connectivity index (χ0n) is 9.98. The Morgan fingerprint density at radius 3 is 1.73 bits per heavy atom. The zero-order chi connectivity index (χ0) is 12.3. The number of halogens is 3. The molecule has 2 nitrogen and oxygen atoms in total. The van der Waals surface area contributed by atoms with E-state index in [0.29, 0.717) is 0 Å². The van der Waals surface area contributed by atoms with E-state index in [-0.39, 0.29) is 0 Å². The van der Waals surface area contributed by atoms with Gasteiger partial charge in [0, 0.05) is 0 Å². The first-order valence-corrected chi connectivity index (χ1v) is 13.4. The van der Waals surface area contributed by atoms with Crippen molar-refractivity contribution in [3.8, 4) is 0 Å². The van der Waals surface area contributed by atoms with Gasteiger partial charge in [-0.1, -0.05) is 0 Å². The van der Waals surface area contributed by atoms with Crippen LogP contribution in [0.2, 0.25) is 17.3 Å². The first-order valence-electron chi connectivity index (χ1n) is 5.10. The van der Waals surface area contributed by atoms with Crippen molar-refractivity contribution in [1.82, 2.24) is 4.90 Å². The van der Waals surface area contributed by atoms with Crippen LogP contribution < -0.4 is 0 Å². The molecule has 15 heavy (non-hydrogen) atoms. The molecule has 0 rings (SSSR count). The molecule has 6 heteroatoms. The van der Waals surface area contributed by atoms with Crippen LogP contribution in [-0.2, 0) is 3.76 Å². The van der Waals surface area contributed by atoms with Gasteiger partial charge in [-0.15, -0.1) is 0 Å². The average molecular weight is 337 g/mol. The molecule has 0 aliphatic heterocycles. The molecule has 0 spiro atoms. The summed E-state index contributed by atoms with van der Waals surface area (Å²) in [5, 5.41) is 0. The molecule has 0 fully saturated rings. The SMILES string of the molecule is CCN(CC)C([O][Ge]([CH3])([CH3])[CH3])C(Cl)(Cl)Cl. The van der Waals surface area contributed by atoms with E-state index in [1.54, 1.807) is 0 Å². The Morgan fingerprint density at radius 2 is 1.53 bits per heavy atom. The maximum atomic E-state index is 5.96. The molecule has 0 saturated carbocycles. The molecule has 0 heterocycles. The number of hydrogen-bond donors (Lipinski definition) is 0. The predicted octanol–water partition coefficient (Wildman–Crippen LogP) is 3.88. The van der Waals surface area contributed by atoms with Crippen molar-refractivity contribution >= 4 is 48.4 Å². The van der Waals surface area contributed by atoms with E-state index < -0.39 is 23.6 Å². The third-order valence-corrected chi connectivity index (χ3v) is 4.40. The van der Waals surface area contributed by atoms with Gasteiger partial charge in [-0.2, -0.15) is 0 Å². The Morgan fingerprint density at radius 1 is 1.13 bits per heavy atom. The molecule has 1 atom stereocenters. The van der Waals surface area contributed by atoms with Crippen molar-refractivity contribution in [1.29, 1.82) is 0 Å². The fourth-order valence-electron chi connectivity index (χ4n) is 1.24. The van der Waals surface area contributed by atoms with E-state index in [1.165, 1.54) is 0 Å². The first-order chi connectivity index (χ1) is 6.61. The van der Waals surface area contributed by atoms with Gasteiger partial charge in [0.15, 0.2) is 0 Å². The minimum atomic E-state index is -2.20. The first kappa shape index (κ1) is 16.3. The van der Waals surface area contributed by atoms with Gasteiger partial charge in [-0.05, 0) is 0 Å². The molecule has 0 aliphatic rings. The minimum absolute atomic E-state index is 0.433. The van der Waals surface area contributed by atoms with Gasteiger partial charge in [-0.25, -0.2) is 0 Å². The summed E-state index contributed by atoms with van der Waals surface area (Å²) < 4.78 is 4.58. The fraction of sp³-hybridized carbons (Fsp3) is 1.00. The van der Waals surface area contributed by atoms with E-state index >= 15 is 0 Å². The Hall–Kier alpha value is 1.33. The second kappa shape index (κ2) is 6.32. The summed E-state index contributed by atoms with van der Waals surface area (Å²) in [6.07, 6.45) is -0.433. The van der Waals surface area contributed by atoms with Gasteiger partial charge in [0.1, 0.15) is 0 Å². The van der Waals surface area contributed by atoms with E-state index in [1.807, 2.05) is 18.7 Å². The molecule has 1 unspecified atom stereocenters. The van der Waals surface area contributed by atoms with Crippen molar-refractivity contribution in [3.05, 3.63) is 0 Å². The van der Waals surface area contributed by atoms with Crippen molar-refractivity contribution in [2.24, 2.45) is 0 Å². The third kappa shape index (κ3) is 6.59. The van der Waals surface area contributed by atoms with Crippen LogP contribution in [0.3, 0.4) is 0 Å². The second-order valence-corrected chi connectivity index (χ2v) is 16.1. The van der Waals surface area contributed by atoms with Crippen molar-refractivity contribution in [2.45, 2.75) is 41.1 Å². The van der Waals surface area contributed by atoms with Gasteiger partial charge in [-0.3, -0.25) is 0 Å². The molecular formula is C9H20Cl3GeNO. The topological polar surface area (TPSA) is 12.5 Å². The Kier molecular flexibility index (Phi) is 6.88. The molecule has 0 aromatic rings. The summed E-state index contributed by atoms with van der Waals surface area (Å²) in [6, 6.07) is 0. The number of hydrogen-bond acceptors (Lipinski definition) is 2. The van der Waals surface area contributed by atoms with Crippen LogP contribution in [-0.4, -0.2) is 41.6 Å². The molecule has 0 saturated heterocycles. The van der Waals surface area contributed by atoms with Crippen molar-refractivity contribution in [3.63, 3.8) is 0 Å². The third-order valence-electron chi connectivity index (χ3n) is 1.89. The summed E-state index contributed by atoms with van der Waals surface area (Å²) in [5.74, 6) is 6.40. The average Bonchev–Trinajstić information content (AvgIpc) is 2.01. The number of alkyl halides is 3. The number of rotatable bonds is 5. The zero-order valence-corrected chi connectivity index (χ0v) is 14.3. The molecule has 0 amide bonds.